The van der Waals surface area contributed by atoms with Gasteiger partial charge in [0.1, 0.15) is 4.32 Å². The van der Waals surface area contributed by atoms with Crippen LogP contribution in [0.15, 0.2) is 30.3 Å². The van der Waals surface area contributed by atoms with Crippen LogP contribution in [-0.4, -0.2) is 20.9 Å². The van der Waals surface area contributed by atoms with Gasteiger partial charge >= 0.3 is 0 Å². The average molecular weight is 251 g/mol. The molecule has 2 rings (SSSR count). The molecule has 0 aliphatic carbocycles. The Morgan fingerprint density at radius 2 is 1.94 bits per heavy atom. The normalized spacial score (nSPS) is 17.0. The van der Waals surface area contributed by atoms with E-state index in [4.69, 9.17) is 12.2 Å². The predicted molar refractivity (Wildman–Crippen MR) is 71.4 cm³/mol. The Labute approximate surface area is 105 Å². The van der Waals surface area contributed by atoms with Gasteiger partial charge in [-0.3, -0.25) is 9.69 Å². The third kappa shape index (κ3) is 1.87. The Hall–Kier alpha value is -0.870. The van der Waals surface area contributed by atoms with Gasteiger partial charge in [-0.25, -0.2) is 0 Å². The third-order valence-electron chi connectivity index (χ3n) is 2.79. The van der Waals surface area contributed by atoms with E-state index in [9.17, 15) is 4.79 Å². The van der Waals surface area contributed by atoms with E-state index in [1.54, 1.807) is 4.90 Å². The quantitative estimate of drug-likeness (QED) is 0.754. The highest BCUT2D eigenvalue weighted by Gasteiger charge is 2.39. The van der Waals surface area contributed by atoms with E-state index in [0.29, 0.717) is 10.1 Å². The standard InChI is InChI=1S/C12H13NOS2/c1-12(2,9-6-4-3-5-7-9)13-10(14)8-16-11(13)15/h3-7H,8H2,1-2H3. The van der Waals surface area contributed by atoms with Crippen molar-refractivity contribution in [3.8, 4) is 0 Å². The van der Waals surface area contributed by atoms with Gasteiger partial charge in [-0.1, -0.05) is 54.3 Å². The van der Waals surface area contributed by atoms with Gasteiger partial charge in [0, 0.05) is 0 Å². The van der Waals surface area contributed by atoms with Crippen molar-refractivity contribution in [1.29, 1.82) is 0 Å². The molecular weight excluding hydrogens is 238 g/mol. The minimum Gasteiger partial charge on any atom is -0.287 e. The summed E-state index contributed by atoms with van der Waals surface area (Å²) in [6.07, 6.45) is 0. The van der Waals surface area contributed by atoms with Crippen LogP contribution in [0.3, 0.4) is 0 Å². The van der Waals surface area contributed by atoms with Crippen molar-refractivity contribution in [1.82, 2.24) is 4.90 Å². The molecule has 1 aliphatic heterocycles. The summed E-state index contributed by atoms with van der Waals surface area (Å²) in [6, 6.07) is 9.98. The molecule has 2 nitrogen and oxygen atoms in total. The molecule has 1 saturated heterocycles. The fraction of sp³-hybridized carbons (Fsp3) is 0.333. The van der Waals surface area contributed by atoms with E-state index in [0.717, 1.165) is 5.56 Å². The van der Waals surface area contributed by atoms with Crippen LogP contribution in [0.5, 0.6) is 0 Å². The van der Waals surface area contributed by atoms with Gasteiger partial charge < -0.3 is 0 Å². The van der Waals surface area contributed by atoms with Crippen LogP contribution in [0.4, 0.5) is 0 Å². The number of amides is 1. The van der Waals surface area contributed by atoms with Gasteiger partial charge in [-0.15, -0.1) is 0 Å². The first-order valence-corrected chi connectivity index (χ1v) is 6.48. The second-order valence-corrected chi connectivity index (χ2v) is 5.82. The number of carbonyl (C=O) groups excluding carboxylic acids is 1. The Bertz CT molecular complexity index is 412. The maximum absolute atomic E-state index is 11.8. The minimum atomic E-state index is -0.362. The van der Waals surface area contributed by atoms with Gasteiger partial charge in [0.05, 0.1) is 11.3 Å². The predicted octanol–water partition coefficient (Wildman–Crippen LogP) is 2.78. The smallest absolute Gasteiger partial charge is 0.239 e. The first-order chi connectivity index (χ1) is 7.53. The van der Waals surface area contributed by atoms with E-state index in [1.165, 1.54) is 11.8 Å². The monoisotopic (exact) mass is 251 g/mol. The van der Waals surface area contributed by atoms with Gasteiger partial charge in [0.15, 0.2) is 0 Å². The molecule has 16 heavy (non-hydrogen) atoms. The summed E-state index contributed by atoms with van der Waals surface area (Å²) in [5.74, 6) is 0.568. The lowest BCUT2D eigenvalue weighted by atomic mass is 9.93. The molecule has 0 unspecified atom stereocenters. The van der Waals surface area contributed by atoms with Crippen molar-refractivity contribution in [3.63, 3.8) is 0 Å². The van der Waals surface area contributed by atoms with E-state index in [2.05, 4.69) is 0 Å². The molecule has 1 heterocycles. The number of thioether (sulfide) groups is 1. The molecule has 1 amide bonds. The number of hydrogen-bond donors (Lipinski definition) is 0. The highest BCUT2D eigenvalue weighted by atomic mass is 32.2. The van der Waals surface area contributed by atoms with E-state index in [-0.39, 0.29) is 11.4 Å². The van der Waals surface area contributed by atoms with E-state index < -0.39 is 0 Å². The topological polar surface area (TPSA) is 20.3 Å². The van der Waals surface area contributed by atoms with Crippen LogP contribution in [0.1, 0.15) is 19.4 Å². The summed E-state index contributed by atoms with van der Waals surface area (Å²) >= 11 is 6.68. The summed E-state index contributed by atoms with van der Waals surface area (Å²) in [5.41, 5.74) is 0.743. The molecule has 1 aromatic carbocycles. The Balaban J connectivity index is 2.39. The molecule has 0 N–H and O–H groups in total. The van der Waals surface area contributed by atoms with Crippen molar-refractivity contribution >= 4 is 34.2 Å². The molecule has 0 bridgehead atoms. The minimum absolute atomic E-state index is 0.101. The fourth-order valence-corrected chi connectivity index (χ4v) is 3.21. The molecule has 0 radical (unpaired) electrons. The second-order valence-electron chi connectivity index (χ2n) is 4.21. The zero-order valence-corrected chi connectivity index (χ0v) is 10.9. The molecule has 0 atom stereocenters. The summed E-state index contributed by atoms with van der Waals surface area (Å²) in [4.78, 5) is 13.5. The SMILES string of the molecule is CC(C)(c1ccccc1)N1C(=O)CSC1=S. The number of benzene rings is 1. The maximum atomic E-state index is 11.8. The zero-order valence-electron chi connectivity index (χ0n) is 9.27. The molecule has 0 saturated carbocycles. The van der Waals surface area contributed by atoms with Crippen LogP contribution >= 0.6 is 24.0 Å². The first kappa shape index (κ1) is 11.6. The second kappa shape index (κ2) is 4.18. The lowest BCUT2D eigenvalue weighted by Gasteiger charge is -2.35. The van der Waals surface area contributed by atoms with E-state index in [1.807, 2.05) is 44.2 Å². The zero-order chi connectivity index (χ0) is 11.8. The van der Waals surface area contributed by atoms with Gasteiger partial charge in [0.2, 0.25) is 5.91 Å². The molecule has 1 aliphatic rings. The molecule has 1 aromatic rings. The fourth-order valence-electron chi connectivity index (χ4n) is 1.87. The van der Waals surface area contributed by atoms with Crippen molar-refractivity contribution in [2.45, 2.75) is 19.4 Å². The summed E-state index contributed by atoms with van der Waals surface area (Å²) in [6.45, 7) is 4.05. The third-order valence-corrected chi connectivity index (χ3v) is 4.15. The Kier molecular flexibility index (Phi) is 3.04. The van der Waals surface area contributed by atoms with Crippen molar-refractivity contribution < 1.29 is 4.79 Å². The Morgan fingerprint density at radius 3 is 2.44 bits per heavy atom. The van der Waals surface area contributed by atoms with Crippen LogP contribution in [-0.2, 0) is 10.3 Å². The van der Waals surface area contributed by atoms with Crippen LogP contribution in [0.25, 0.3) is 0 Å². The average Bonchev–Trinajstić information content (AvgIpc) is 2.60. The number of rotatable bonds is 2. The van der Waals surface area contributed by atoms with Crippen LogP contribution < -0.4 is 0 Å². The highest BCUT2D eigenvalue weighted by Crippen LogP contribution is 2.34. The summed E-state index contributed by atoms with van der Waals surface area (Å²) in [5, 5.41) is 0. The molecule has 0 aromatic heterocycles. The highest BCUT2D eigenvalue weighted by molar-refractivity contribution is 8.23. The first-order valence-electron chi connectivity index (χ1n) is 5.09. The number of hydrogen-bond acceptors (Lipinski definition) is 3. The molecular formula is C12H13NOS2. The number of thiocarbonyl (C=S) groups is 1. The summed E-state index contributed by atoms with van der Waals surface area (Å²) < 4.78 is 0.679. The van der Waals surface area contributed by atoms with Crippen molar-refractivity contribution in [2.24, 2.45) is 0 Å². The Morgan fingerprint density at radius 1 is 1.31 bits per heavy atom. The van der Waals surface area contributed by atoms with Crippen LogP contribution in [0.2, 0.25) is 0 Å². The van der Waals surface area contributed by atoms with Gasteiger partial charge in [-0.2, -0.15) is 0 Å². The van der Waals surface area contributed by atoms with Gasteiger partial charge in [-0.05, 0) is 19.4 Å². The van der Waals surface area contributed by atoms with Crippen LogP contribution in [0, 0.1) is 0 Å². The summed E-state index contributed by atoms with van der Waals surface area (Å²) in [7, 11) is 0. The van der Waals surface area contributed by atoms with Crippen molar-refractivity contribution in [3.05, 3.63) is 35.9 Å². The van der Waals surface area contributed by atoms with E-state index >= 15 is 0 Å². The number of nitrogens with zero attached hydrogens (tertiary/aromatic N) is 1. The number of carbonyl (C=O) groups is 1. The maximum Gasteiger partial charge on any atom is 0.239 e. The molecule has 4 heteroatoms. The molecule has 84 valence electrons. The van der Waals surface area contributed by atoms with Gasteiger partial charge in [0.25, 0.3) is 0 Å². The van der Waals surface area contributed by atoms with Crippen molar-refractivity contribution in [2.75, 3.05) is 5.75 Å². The lowest BCUT2D eigenvalue weighted by molar-refractivity contribution is -0.127. The molecule has 0 spiro atoms. The lowest BCUT2D eigenvalue weighted by Crippen LogP contribution is -2.44. The largest absolute Gasteiger partial charge is 0.287 e. The molecule has 1 fully saturated rings.